The van der Waals surface area contributed by atoms with Crippen LogP contribution >= 0.6 is 0 Å². The van der Waals surface area contributed by atoms with Crippen molar-refractivity contribution >= 4 is 0 Å². The summed E-state index contributed by atoms with van der Waals surface area (Å²) in [6.45, 7) is 0. The Balaban J connectivity index is 2.07. The molecule has 1 aromatic heterocycles. The van der Waals surface area contributed by atoms with Gasteiger partial charge in [-0.25, -0.2) is 0 Å². The molecule has 0 saturated carbocycles. The van der Waals surface area contributed by atoms with E-state index in [9.17, 15) is 0 Å². The minimum Gasteiger partial charge on any atom is -0.317 e. The van der Waals surface area contributed by atoms with Crippen LogP contribution in [-0.4, -0.2) is 4.98 Å². The number of pyridine rings is 1. The van der Waals surface area contributed by atoms with Crippen molar-refractivity contribution in [1.29, 1.82) is 0 Å². The minimum atomic E-state index is -0.550. The highest BCUT2D eigenvalue weighted by Gasteiger charge is 2.29. The van der Waals surface area contributed by atoms with Crippen LogP contribution in [-0.2, 0) is 12.0 Å². The van der Waals surface area contributed by atoms with Gasteiger partial charge in [0.05, 0.1) is 5.54 Å². The van der Waals surface area contributed by atoms with E-state index in [1.165, 1.54) is 0 Å². The van der Waals surface area contributed by atoms with Crippen LogP contribution in [0.3, 0.4) is 0 Å². The molecule has 0 fully saturated rings. The van der Waals surface area contributed by atoms with Crippen LogP contribution in [0.4, 0.5) is 0 Å². The summed E-state index contributed by atoms with van der Waals surface area (Å²) in [7, 11) is 0. The molecule has 0 radical (unpaired) electrons. The fraction of sp³-hybridized carbons (Fsp3) is 0.105. The van der Waals surface area contributed by atoms with E-state index in [2.05, 4.69) is 35.3 Å². The van der Waals surface area contributed by atoms with E-state index in [0.717, 1.165) is 23.1 Å². The van der Waals surface area contributed by atoms with E-state index >= 15 is 0 Å². The van der Waals surface area contributed by atoms with Crippen LogP contribution in [0.25, 0.3) is 0 Å². The second-order valence-corrected chi connectivity index (χ2v) is 5.24. The van der Waals surface area contributed by atoms with Crippen LogP contribution < -0.4 is 5.73 Å². The normalized spacial score (nSPS) is 11.3. The monoisotopic (exact) mass is 274 g/mol. The highest BCUT2D eigenvalue weighted by Crippen LogP contribution is 2.30. The summed E-state index contributed by atoms with van der Waals surface area (Å²) in [5.41, 5.74) is 9.65. The van der Waals surface area contributed by atoms with Gasteiger partial charge in [0, 0.05) is 18.8 Å². The predicted octanol–water partition coefficient (Wildman–Crippen LogP) is 3.53. The van der Waals surface area contributed by atoms with Crippen LogP contribution in [0.2, 0.25) is 0 Å². The van der Waals surface area contributed by atoms with Gasteiger partial charge >= 0.3 is 0 Å². The van der Waals surface area contributed by atoms with Crippen LogP contribution in [0.5, 0.6) is 0 Å². The van der Waals surface area contributed by atoms with Crippen molar-refractivity contribution in [1.82, 2.24) is 4.98 Å². The van der Waals surface area contributed by atoms with Crippen molar-refractivity contribution in [3.05, 3.63) is 102 Å². The lowest BCUT2D eigenvalue weighted by Gasteiger charge is -2.31. The second kappa shape index (κ2) is 5.90. The van der Waals surface area contributed by atoms with E-state index in [1.807, 2.05) is 48.7 Å². The molecule has 21 heavy (non-hydrogen) atoms. The summed E-state index contributed by atoms with van der Waals surface area (Å²) in [6, 6.07) is 24.5. The topological polar surface area (TPSA) is 38.9 Å². The largest absolute Gasteiger partial charge is 0.317 e. The Bertz CT molecular complexity index is 639. The van der Waals surface area contributed by atoms with Gasteiger partial charge in [-0.3, -0.25) is 4.98 Å². The van der Waals surface area contributed by atoms with Crippen molar-refractivity contribution in [2.75, 3.05) is 0 Å². The van der Waals surface area contributed by atoms with E-state index in [-0.39, 0.29) is 0 Å². The summed E-state index contributed by atoms with van der Waals surface area (Å²) in [5, 5.41) is 0. The SMILES string of the molecule is NC(Cc1cccnc1)(c1ccccc1)c1ccccc1. The number of aromatic nitrogens is 1. The number of nitrogens with two attached hydrogens (primary N) is 1. The second-order valence-electron chi connectivity index (χ2n) is 5.24. The molecule has 0 aliphatic carbocycles. The highest BCUT2D eigenvalue weighted by atomic mass is 14.7. The van der Waals surface area contributed by atoms with Gasteiger partial charge in [-0.05, 0) is 22.8 Å². The molecular formula is C19H18N2. The Morgan fingerprint density at radius 1 is 0.762 bits per heavy atom. The molecule has 0 unspecified atom stereocenters. The third-order valence-electron chi connectivity index (χ3n) is 3.78. The first-order chi connectivity index (χ1) is 10.3. The van der Waals surface area contributed by atoms with Crippen LogP contribution in [0, 0.1) is 0 Å². The molecule has 2 aromatic carbocycles. The molecule has 0 aliphatic rings. The molecule has 2 nitrogen and oxygen atoms in total. The lowest BCUT2D eigenvalue weighted by Crippen LogP contribution is -2.40. The van der Waals surface area contributed by atoms with Crippen molar-refractivity contribution < 1.29 is 0 Å². The molecule has 1 heterocycles. The zero-order valence-electron chi connectivity index (χ0n) is 11.8. The summed E-state index contributed by atoms with van der Waals surface area (Å²) in [6.07, 6.45) is 4.38. The summed E-state index contributed by atoms with van der Waals surface area (Å²) in [4.78, 5) is 4.20. The molecule has 3 aromatic rings. The molecule has 0 atom stereocenters. The smallest absolute Gasteiger partial charge is 0.0707 e. The van der Waals surface area contributed by atoms with Gasteiger partial charge in [0.1, 0.15) is 0 Å². The van der Waals surface area contributed by atoms with E-state index < -0.39 is 5.54 Å². The molecule has 104 valence electrons. The van der Waals surface area contributed by atoms with Crippen LogP contribution in [0.15, 0.2) is 85.2 Å². The molecule has 0 amide bonds. The minimum absolute atomic E-state index is 0.550. The summed E-state index contributed by atoms with van der Waals surface area (Å²) >= 11 is 0. The number of benzene rings is 2. The highest BCUT2D eigenvalue weighted by molar-refractivity contribution is 5.39. The van der Waals surface area contributed by atoms with Crippen molar-refractivity contribution in [3.8, 4) is 0 Å². The fourth-order valence-corrected chi connectivity index (χ4v) is 2.67. The third kappa shape index (κ3) is 2.86. The van der Waals surface area contributed by atoms with Crippen LogP contribution in [0.1, 0.15) is 16.7 Å². The molecule has 0 bridgehead atoms. The molecule has 2 heteroatoms. The van der Waals surface area contributed by atoms with Gasteiger partial charge in [-0.15, -0.1) is 0 Å². The lowest BCUT2D eigenvalue weighted by molar-refractivity contribution is 0.534. The molecule has 0 spiro atoms. The van der Waals surface area contributed by atoms with Gasteiger partial charge in [-0.2, -0.15) is 0 Å². The van der Waals surface area contributed by atoms with E-state index in [1.54, 1.807) is 6.20 Å². The standard InChI is InChI=1S/C19H18N2/c20-19(17-9-3-1-4-10-17,18-11-5-2-6-12-18)14-16-8-7-13-21-15-16/h1-13,15H,14,20H2. The number of hydrogen-bond donors (Lipinski definition) is 1. The first-order valence-corrected chi connectivity index (χ1v) is 7.08. The Hall–Kier alpha value is -2.45. The van der Waals surface area contributed by atoms with Gasteiger partial charge in [0.25, 0.3) is 0 Å². The molecule has 2 N–H and O–H groups in total. The van der Waals surface area contributed by atoms with Gasteiger partial charge in [0.15, 0.2) is 0 Å². The Morgan fingerprint density at radius 2 is 1.33 bits per heavy atom. The van der Waals surface area contributed by atoms with Crippen molar-refractivity contribution in [3.63, 3.8) is 0 Å². The van der Waals surface area contributed by atoms with Gasteiger partial charge in [0.2, 0.25) is 0 Å². The zero-order chi connectivity index (χ0) is 14.5. The molecule has 3 rings (SSSR count). The van der Waals surface area contributed by atoms with E-state index in [4.69, 9.17) is 5.73 Å². The first-order valence-electron chi connectivity index (χ1n) is 7.08. The fourth-order valence-electron chi connectivity index (χ4n) is 2.67. The maximum Gasteiger partial charge on any atom is 0.0707 e. The van der Waals surface area contributed by atoms with E-state index in [0.29, 0.717) is 0 Å². The van der Waals surface area contributed by atoms with Gasteiger partial charge in [-0.1, -0.05) is 66.7 Å². The number of rotatable bonds is 4. The predicted molar refractivity (Wildman–Crippen MR) is 85.8 cm³/mol. The zero-order valence-corrected chi connectivity index (χ0v) is 11.8. The average molecular weight is 274 g/mol. The number of nitrogens with zero attached hydrogens (tertiary/aromatic N) is 1. The Kier molecular flexibility index (Phi) is 3.80. The Labute approximate surface area is 125 Å². The first kappa shape index (κ1) is 13.5. The number of hydrogen-bond acceptors (Lipinski definition) is 2. The lowest BCUT2D eigenvalue weighted by atomic mass is 9.79. The summed E-state index contributed by atoms with van der Waals surface area (Å²) in [5.74, 6) is 0. The maximum atomic E-state index is 6.84. The van der Waals surface area contributed by atoms with Crippen molar-refractivity contribution in [2.45, 2.75) is 12.0 Å². The molecule has 0 aliphatic heterocycles. The molecular weight excluding hydrogens is 256 g/mol. The van der Waals surface area contributed by atoms with Crippen molar-refractivity contribution in [2.24, 2.45) is 5.73 Å². The quantitative estimate of drug-likeness (QED) is 0.790. The summed E-state index contributed by atoms with van der Waals surface area (Å²) < 4.78 is 0. The molecule has 0 saturated heterocycles. The Morgan fingerprint density at radius 3 is 1.81 bits per heavy atom. The average Bonchev–Trinajstić information content (AvgIpc) is 2.57. The van der Waals surface area contributed by atoms with Gasteiger partial charge < -0.3 is 5.73 Å². The maximum absolute atomic E-state index is 6.84. The third-order valence-corrected chi connectivity index (χ3v) is 3.78.